The summed E-state index contributed by atoms with van der Waals surface area (Å²) in [5.41, 5.74) is 4.33. The van der Waals surface area contributed by atoms with Crippen LogP contribution in [0.5, 0.6) is 0 Å². The number of nitrogens with zero attached hydrogens (tertiary/aromatic N) is 1. The Balaban J connectivity index is 2.27. The van der Waals surface area contributed by atoms with Gasteiger partial charge in [-0.25, -0.2) is 4.79 Å². The highest BCUT2D eigenvalue weighted by Gasteiger charge is 2.30. The number of likely N-dealkylation sites (tertiary alicyclic amines) is 1. The van der Waals surface area contributed by atoms with Crippen molar-refractivity contribution in [2.24, 2.45) is 11.7 Å². The number of nitrogens with two attached hydrogens (primary N) is 1. The number of hydrogen-bond donors (Lipinski definition) is 3. The summed E-state index contributed by atoms with van der Waals surface area (Å²) in [6, 6.07) is 0.0710. The Kier molecular flexibility index (Phi) is 3.84. The molecule has 1 aliphatic heterocycles. The molecule has 0 bridgehead atoms. The van der Waals surface area contributed by atoms with Crippen molar-refractivity contribution in [2.45, 2.75) is 25.8 Å². The molecule has 2 rings (SSSR count). The van der Waals surface area contributed by atoms with Gasteiger partial charge in [0.1, 0.15) is 5.56 Å². The van der Waals surface area contributed by atoms with Crippen molar-refractivity contribution in [3.63, 3.8) is 0 Å². The smallest absolute Gasteiger partial charge is 0.325 e. The summed E-state index contributed by atoms with van der Waals surface area (Å²) in [7, 11) is 0. The molecule has 2 atom stereocenters. The molecule has 2 heterocycles. The third kappa shape index (κ3) is 2.76. The standard InChI is InChI=1S/C12H18N4O3/c1-7-2-3-8(4-13)6-16(7)11(18)9-5-14-12(19)15-10(9)17/h5,7-8H,2-4,6,13H2,1H3,(H2,14,15,17,19). The molecule has 1 aliphatic rings. The largest absolute Gasteiger partial charge is 0.335 e. The fourth-order valence-electron chi connectivity index (χ4n) is 2.38. The summed E-state index contributed by atoms with van der Waals surface area (Å²) >= 11 is 0. The lowest BCUT2D eigenvalue weighted by Crippen LogP contribution is -2.48. The Morgan fingerprint density at radius 3 is 2.84 bits per heavy atom. The molecule has 19 heavy (non-hydrogen) atoms. The predicted octanol–water partition coefficient (Wildman–Crippen LogP) is -0.737. The maximum absolute atomic E-state index is 12.3. The number of carbonyl (C=O) groups excluding carboxylic acids is 1. The van der Waals surface area contributed by atoms with Gasteiger partial charge in [0.05, 0.1) is 0 Å². The summed E-state index contributed by atoms with van der Waals surface area (Å²) in [6.45, 7) is 3.03. The molecule has 1 saturated heterocycles. The second-order valence-electron chi connectivity index (χ2n) is 4.97. The summed E-state index contributed by atoms with van der Waals surface area (Å²) in [5.74, 6) is -0.0925. The van der Waals surface area contributed by atoms with E-state index in [9.17, 15) is 14.4 Å². The number of hydrogen-bond acceptors (Lipinski definition) is 4. The molecule has 2 unspecified atom stereocenters. The zero-order valence-electron chi connectivity index (χ0n) is 10.8. The molecule has 4 N–H and O–H groups in total. The predicted molar refractivity (Wildman–Crippen MR) is 70.0 cm³/mol. The lowest BCUT2D eigenvalue weighted by Gasteiger charge is -2.37. The van der Waals surface area contributed by atoms with Crippen LogP contribution in [0.25, 0.3) is 0 Å². The Bertz CT molecular complexity index is 577. The second kappa shape index (κ2) is 5.40. The van der Waals surface area contributed by atoms with Crippen LogP contribution in [-0.2, 0) is 0 Å². The van der Waals surface area contributed by atoms with Gasteiger partial charge < -0.3 is 15.6 Å². The Hall–Kier alpha value is -1.89. The Morgan fingerprint density at radius 2 is 2.21 bits per heavy atom. The highest BCUT2D eigenvalue weighted by atomic mass is 16.2. The molecule has 1 fully saturated rings. The maximum atomic E-state index is 12.3. The number of piperidine rings is 1. The van der Waals surface area contributed by atoms with E-state index in [0.29, 0.717) is 13.1 Å². The van der Waals surface area contributed by atoms with Gasteiger partial charge >= 0.3 is 5.69 Å². The first-order valence-electron chi connectivity index (χ1n) is 6.36. The molecule has 0 saturated carbocycles. The van der Waals surface area contributed by atoms with E-state index in [1.54, 1.807) is 4.90 Å². The minimum Gasteiger partial charge on any atom is -0.335 e. The van der Waals surface area contributed by atoms with Crippen LogP contribution < -0.4 is 17.0 Å². The molecule has 0 radical (unpaired) electrons. The van der Waals surface area contributed by atoms with E-state index in [2.05, 4.69) is 9.97 Å². The van der Waals surface area contributed by atoms with Crippen molar-refractivity contribution in [3.05, 3.63) is 32.6 Å². The average Bonchev–Trinajstić information content (AvgIpc) is 2.38. The van der Waals surface area contributed by atoms with Gasteiger partial charge in [0.2, 0.25) is 0 Å². The lowest BCUT2D eigenvalue weighted by atomic mass is 9.93. The van der Waals surface area contributed by atoms with E-state index < -0.39 is 11.2 Å². The van der Waals surface area contributed by atoms with Gasteiger partial charge in [-0.3, -0.25) is 14.6 Å². The van der Waals surface area contributed by atoms with Crippen molar-refractivity contribution in [2.75, 3.05) is 13.1 Å². The second-order valence-corrected chi connectivity index (χ2v) is 4.97. The molecule has 0 spiro atoms. The molecule has 0 aromatic carbocycles. The van der Waals surface area contributed by atoms with Crippen molar-refractivity contribution in [3.8, 4) is 0 Å². The number of H-pyrrole nitrogens is 2. The normalized spacial score (nSPS) is 23.4. The summed E-state index contributed by atoms with van der Waals surface area (Å²) in [4.78, 5) is 41.0. The van der Waals surface area contributed by atoms with Crippen LogP contribution in [0.2, 0.25) is 0 Å². The van der Waals surface area contributed by atoms with E-state index in [4.69, 9.17) is 5.73 Å². The number of aromatic amines is 2. The maximum Gasteiger partial charge on any atom is 0.325 e. The monoisotopic (exact) mass is 266 g/mol. The molecule has 104 valence electrons. The molecule has 7 heteroatoms. The van der Waals surface area contributed by atoms with Crippen molar-refractivity contribution < 1.29 is 4.79 Å². The van der Waals surface area contributed by atoms with Gasteiger partial charge in [-0.05, 0) is 32.2 Å². The van der Waals surface area contributed by atoms with Gasteiger partial charge in [0, 0.05) is 18.8 Å². The molecular weight excluding hydrogens is 248 g/mol. The molecular formula is C12H18N4O3. The Labute approximate surface area is 109 Å². The lowest BCUT2D eigenvalue weighted by molar-refractivity contribution is 0.0564. The Morgan fingerprint density at radius 1 is 1.47 bits per heavy atom. The topological polar surface area (TPSA) is 112 Å². The zero-order chi connectivity index (χ0) is 14.0. The minimum absolute atomic E-state index is 0.0379. The van der Waals surface area contributed by atoms with Gasteiger partial charge in [0.25, 0.3) is 11.5 Å². The molecule has 1 amide bonds. The fourth-order valence-corrected chi connectivity index (χ4v) is 2.38. The molecule has 1 aromatic heterocycles. The molecule has 7 nitrogen and oxygen atoms in total. The molecule has 1 aromatic rings. The van der Waals surface area contributed by atoms with Crippen molar-refractivity contribution in [1.82, 2.24) is 14.9 Å². The summed E-state index contributed by atoms with van der Waals surface area (Å²) in [5, 5.41) is 0. The van der Waals surface area contributed by atoms with E-state index in [0.717, 1.165) is 12.8 Å². The van der Waals surface area contributed by atoms with Crippen LogP contribution in [0.15, 0.2) is 15.8 Å². The van der Waals surface area contributed by atoms with Crippen LogP contribution in [-0.4, -0.2) is 39.9 Å². The first-order valence-corrected chi connectivity index (χ1v) is 6.36. The number of amides is 1. The highest BCUT2D eigenvalue weighted by Crippen LogP contribution is 2.22. The number of rotatable bonds is 2. The van der Waals surface area contributed by atoms with Gasteiger partial charge in [-0.1, -0.05) is 0 Å². The van der Waals surface area contributed by atoms with Crippen LogP contribution in [0.1, 0.15) is 30.1 Å². The van der Waals surface area contributed by atoms with Crippen molar-refractivity contribution >= 4 is 5.91 Å². The van der Waals surface area contributed by atoms with Crippen LogP contribution in [0, 0.1) is 5.92 Å². The van der Waals surface area contributed by atoms with Crippen molar-refractivity contribution in [1.29, 1.82) is 0 Å². The van der Waals surface area contributed by atoms with Gasteiger partial charge in [0.15, 0.2) is 0 Å². The van der Waals surface area contributed by atoms with Gasteiger partial charge in [-0.2, -0.15) is 0 Å². The fraction of sp³-hybridized carbons (Fsp3) is 0.583. The quantitative estimate of drug-likeness (QED) is 0.654. The first-order chi connectivity index (χ1) is 9.02. The summed E-state index contributed by atoms with van der Waals surface area (Å²) in [6.07, 6.45) is 3.03. The van der Waals surface area contributed by atoms with E-state index in [1.807, 2.05) is 6.92 Å². The third-order valence-corrected chi connectivity index (χ3v) is 3.62. The van der Waals surface area contributed by atoms with Crippen LogP contribution >= 0.6 is 0 Å². The average molecular weight is 266 g/mol. The number of nitrogens with one attached hydrogen (secondary N) is 2. The SMILES string of the molecule is CC1CCC(CN)CN1C(=O)c1c[nH]c(=O)[nH]c1=O. The zero-order valence-corrected chi connectivity index (χ0v) is 10.8. The minimum atomic E-state index is -0.657. The van der Waals surface area contributed by atoms with E-state index in [-0.39, 0.29) is 23.4 Å². The number of aromatic nitrogens is 2. The first kappa shape index (κ1) is 13.5. The number of carbonyl (C=O) groups is 1. The van der Waals surface area contributed by atoms with E-state index >= 15 is 0 Å². The third-order valence-electron chi connectivity index (χ3n) is 3.62. The molecule has 0 aliphatic carbocycles. The highest BCUT2D eigenvalue weighted by molar-refractivity contribution is 5.93. The van der Waals surface area contributed by atoms with E-state index in [1.165, 1.54) is 6.20 Å². The van der Waals surface area contributed by atoms with Gasteiger partial charge in [-0.15, -0.1) is 0 Å². The van der Waals surface area contributed by atoms with Crippen LogP contribution in [0.4, 0.5) is 0 Å². The summed E-state index contributed by atoms with van der Waals surface area (Å²) < 4.78 is 0. The van der Waals surface area contributed by atoms with Crippen LogP contribution in [0.3, 0.4) is 0 Å².